The summed E-state index contributed by atoms with van der Waals surface area (Å²) in [5.41, 5.74) is 3.57. The first-order valence-electron chi connectivity index (χ1n) is 14.3. The summed E-state index contributed by atoms with van der Waals surface area (Å²) < 4.78 is 0. The standard InChI is InChI=1S/C30H36N8O6/c1-5-21-11-7-9-19(3)25(21)37(29(41)35-27-31-15-16-32-27)43-23(39)13-14-24(40)44-38(30(42)36-28-33-17-18-34-28)26-20(4)10-8-12-22(26)6-2/h7-14H,5-6,15-18H2,1-4H3,(H2,31,32,35,41)(H2,33,34,36,42)/b14-13+. The molecular weight excluding hydrogens is 568 g/mol. The van der Waals surface area contributed by atoms with Crippen LogP contribution in [0.15, 0.2) is 58.5 Å². The fourth-order valence-corrected chi connectivity index (χ4v) is 4.62. The van der Waals surface area contributed by atoms with Gasteiger partial charge in [0.2, 0.25) is 11.9 Å². The Balaban J connectivity index is 1.57. The largest absolute Gasteiger partial charge is 0.384 e. The van der Waals surface area contributed by atoms with E-state index < -0.39 is 24.0 Å². The molecule has 4 amide bonds. The van der Waals surface area contributed by atoms with Crippen molar-refractivity contribution >= 4 is 47.3 Å². The first kappa shape index (κ1) is 31.5. The summed E-state index contributed by atoms with van der Waals surface area (Å²) in [6, 6.07) is 9.12. The average Bonchev–Trinajstić information content (AvgIpc) is 3.72. The van der Waals surface area contributed by atoms with Crippen LogP contribution in [-0.2, 0) is 32.1 Å². The molecule has 2 aliphatic heterocycles. The van der Waals surface area contributed by atoms with Gasteiger partial charge in [0.25, 0.3) is 0 Å². The average molecular weight is 605 g/mol. The van der Waals surface area contributed by atoms with E-state index >= 15 is 0 Å². The van der Waals surface area contributed by atoms with Crippen molar-refractivity contribution in [1.29, 1.82) is 0 Å². The summed E-state index contributed by atoms with van der Waals surface area (Å²) in [7, 11) is 0. The van der Waals surface area contributed by atoms with Gasteiger partial charge in [-0.15, -0.1) is 10.1 Å². The Morgan fingerprint density at radius 1 is 0.682 bits per heavy atom. The molecule has 4 rings (SSSR count). The van der Waals surface area contributed by atoms with E-state index in [0.717, 1.165) is 33.4 Å². The van der Waals surface area contributed by atoms with Crippen molar-refractivity contribution in [2.45, 2.75) is 40.5 Å². The highest BCUT2D eigenvalue weighted by atomic mass is 16.7. The van der Waals surface area contributed by atoms with Gasteiger partial charge in [0.05, 0.1) is 11.4 Å². The van der Waals surface area contributed by atoms with E-state index in [9.17, 15) is 19.2 Å². The van der Waals surface area contributed by atoms with Crippen LogP contribution in [0.2, 0.25) is 0 Å². The molecule has 2 aromatic carbocycles. The number of hydroxylamine groups is 2. The zero-order chi connectivity index (χ0) is 31.6. The van der Waals surface area contributed by atoms with E-state index in [2.05, 4.69) is 31.3 Å². The number of guanidine groups is 2. The molecule has 0 bridgehead atoms. The lowest BCUT2D eigenvalue weighted by molar-refractivity contribution is -0.140. The van der Waals surface area contributed by atoms with Gasteiger partial charge in [-0.25, -0.2) is 19.2 Å². The molecule has 0 unspecified atom stereocenters. The number of anilines is 2. The fraction of sp³-hybridized carbons (Fsp3) is 0.333. The van der Waals surface area contributed by atoms with E-state index in [1.165, 1.54) is 0 Å². The summed E-state index contributed by atoms with van der Waals surface area (Å²) in [5.74, 6) is -1.59. The van der Waals surface area contributed by atoms with Crippen LogP contribution >= 0.6 is 0 Å². The lowest BCUT2D eigenvalue weighted by atomic mass is 10.1. The molecule has 0 aliphatic carbocycles. The number of carbonyl (C=O) groups excluding carboxylic acids is 4. The third kappa shape index (κ3) is 7.70. The molecule has 2 saturated heterocycles. The third-order valence-electron chi connectivity index (χ3n) is 6.71. The molecule has 0 radical (unpaired) electrons. The second-order valence-electron chi connectivity index (χ2n) is 9.81. The third-order valence-corrected chi connectivity index (χ3v) is 6.71. The monoisotopic (exact) mass is 604 g/mol. The molecule has 0 spiro atoms. The molecule has 0 aromatic heterocycles. The van der Waals surface area contributed by atoms with E-state index in [1.807, 2.05) is 38.1 Å². The van der Waals surface area contributed by atoms with Crippen LogP contribution in [0.25, 0.3) is 0 Å². The highest BCUT2D eigenvalue weighted by Gasteiger charge is 2.27. The Morgan fingerprint density at radius 3 is 1.39 bits per heavy atom. The molecule has 0 atom stereocenters. The quantitative estimate of drug-likeness (QED) is 0.284. The van der Waals surface area contributed by atoms with Crippen molar-refractivity contribution in [3.63, 3.8) is 0 Å². The Kier molecular flexibility index (Phi) is 10.5. The maximum absolute atomic E-state index is 13.2. The van der Waals surface area contributed by atoms with Crippen LogP contribution < -0.4 is 31.4 Å². The molecule has 14 nitrogen and oxygen atoms in total. The van der Waals surface area contributed by atoms with Crippen LogP contribution in [-0.4, -0.2) is 62.1 Å². The van der Waals surface area contributed by atoms with Gasteiger partial charge in [0.1, 0.15) is 0 Å². The van der Waals surface area contributed by atoms with Gasteiger partial charge in [-0.1, -0.05) is 50.2 Å². The number of nitrogens with zero attached hydrogens (tertiary/aromatic N) is 4. The first-order valence-corrected chi connectivity index (χ1v) is 14.3. The Bertz CT molecular complexity index is 1390. The number of benzene rings is 2. The SMILES string of the molecule is CCc1cccc(C)c1N(OC(=O)/C=C/C(=O)ON(C(=O)N=C1NCCN1)c1c(C)cccc1CC)C(=O)N=C1NCCN1. The highest BCUT2D eigenvalue weighted by molar-refractivity contribution is 6.04. The van der Waals surface area contributed by atoms with Crippen LogP contribution in [0.1, 0.15) is 36.1 Å². The lowest BCUT2D eigenvalue weighted by Crippen LogP contribution is -2.36. The first-order chi connectivity index (χ1) is 21.2. The molecule has 14 heteroatoms. The van der Waals surface area contributed by atoms with E-state index in [0.29, 0.717) is 61.5 Å². The van der Waals surface area contributed by atoms with Crippen molar-refractivity contribution in [1.82, 2.24) is 21.3 Å². The van der Waals surface area contributed by atoms with E-state index in [-0.39, 0.29) is 11.9 Å². The predicted octanol–water partition coefficient (Wildman–Crippen LogP) is 2.55. The molecule has 2 aliphatic rings. The summed E-state index contributed by atoms with van der Waals surface area (Å²) in [5, 5.41) is 13.3. The van der Waals surface area contributed by atoms with Crippen LogP contribution in [0.3, 0.4) is 0 Å². The zero-order valence-electron chi connectivity index (χ0n) is 25.1. The van der Waals surface area contributed by atoms with Crippen LogP contribution in [0.5, 0.6) is 0 Å². The van der Waals surface area contributed by atoms with Gasteiger partial charge in [0.15, 0.2) is 0 Å². The number of aryl methyl sites for hydroxylation is 4. The second-order valence-corrected chi connectivity index (χ2v) is 9.81. The summed E-state index contributed by atoms with van der Waals surface area (Å²) in [6.45, 7) is 9.70. The van der Waals surface area contributed by atoms with Gasteiger partial charge in [-0.2, -0.15) is 9.98 Å². The van der Waals surface area contributed by atoms with E-state index in [1.54, 1.807) is 26.0 Å². The van der Waals surface area contributed by atoms with E-state index in [4.69, 9.17) is 9.68 Å². The van der Waals surface area contributed by atoms with Crippen LogP contribution in [0, 0.1) is 13.8 Å². The van der Waals surface area contributed by atoms with Gasteiger partial charge < -0.3 is 30.9 Å². The minimum atomic E-state index is -1.05. The summed E-state index contributed by atoms with van der Waals surface area (Å²) in [4.78, 5) is 71.2. The van der Waals surface area contributed by atoms with Crippen molar-refractivity contribution in [2.24, 2.45) is 9.98 Å². The van der Waals surface area contributed by atoms with Crippen molar-refractivity contribution < 1.29 is 28.9 Å². The Labute approximate surface area is 255 Å². The molecule has 232 valence electrons. The number of para-hydroxylation sites is 2. The van der Waals surface area contributed by atoms with Crippen LogP contribution in [0.4, 0.5) is 21.0 Å². The molecule has 4 N–H and O–H groups in total. The number of aliphatic imine (C=N–C) groups is 2. The van der Waals surface area contributed by atoms with Gasteiger partial charge in [0, 0.05) is 38.3 Å². The number of urea groups is 2. The van der Waals surface area contributed by atoms with Gasteiger partial charge in [-0.05, 0) is 48.9 Å². The van der Waals surface area contributed by atoms with Gasteiger partial charge >= 0.3 is 24.0 Å². The number of amides is 4. The maximum Gasteiger partial charge on any atom is 0.384 e. The maximum atomic E-state index is 13.2. The molecule has 0 saturated carbocycles. The molecule has 44 heavy (non-hydrogen) atoms. The zero-order valence-corrected chi connectivity index (χ0v) is 25.1. The minimum Gasteiger partial charge on any atom is -0.354 e. The van der Waals surface area contributed by atoms with Gasteiger partial charge in [-0.3, -0.25) is 0 Å². The Morgan fingerprint density at radius 2 is 1.05 bits per heavy atom. The number of carbonyl (C=O) groups is 4. The minimum absolute atomic E-state index is 0.251. The fourth-order valence-electron chi connectivity index (χ4n) is 4.62. The normalized spacial score (nSPS) is 13.7. The number of nitrogens with one attached hydrogen (secondary N) is 4. The molecular formula is C30H36N8O6. The summed E-state index contributed by atoms with van der Waals surface area (Å²) >= 11 is 0. The highest BCUT2D eigenvalue weighted by Crippen LogP contribution is 2.28. The number of rotatable bonds is 6. The summed E-state index contributed by atoms with van der Waals surface area (Å²) in [6.07, 6.45) is 2.70. The number of hydrogen-bond donors (Lipinski definition) is 4. The molecule has 2 heterocycles. The smallest absolute Gasteiger partial charge is 0.354 e. The topological polar surface area (TPSA) is 166 Å². The number of hydrogen-bond acceptors (Lipinski definition) is 6. The second kappa shape index (κ2) is 14.7. The Hall–Kier alpha value is -5.40. The molecule has 2 fully saturated rings. The van der Waals surface area contributed by atoms with Crippen molar-refractivity contribution in [3.05, 3.63) is 70.8 Å². The predicted molar refractivity (Wildman–Crippen MR) is 165 cm³/mol. The lowest BCUT2D eigenvalue weighted by Gasteiger charge is -2.23. The van der Waals surface area contributed by atoms with Crippen molar-refractivity contribution in [2.75, 3.05) is 36.3 Å². The molecule has 2 aromatic rings. The van der Waals surface area contributed by atoms with Crippen molar-refractivity contribution in [3.8, 4) is 0 Å².